The molecule has 6 nitrogen and oxygen atoms in total. The first-order valence-electron chi connectivity index (χ1n) is 14.6. The van der Waals surface area contributed by atoms with Gasteiger partial charge >= 0.3 is 0 Å². The summed E-state index contributed by atoms with van der Waals surface area (Å²) in [5, 5.41) is 0. The Bertz CT molecular complexity index is 2150. The van der Waals surface area contributed by atoms with Gasteiger partial charge in [-0.1, -0.05) is 109 Å². The van der Waals surface area contributed by atoms with Crippen molar-refractivity contribution in [2.24, 2.45) is 0 Å². The summed E-state index contributed by atoms with van der Waals surface area (Å²) in [6, 6.07) is 42.1. The zero-order chi connectivity index (χ0) is 29.8. The Kier molecular flexibility index (Phi) is 5.84. The van der Waals surface area contributed by atoms with Crippen LogP contribution in [0.15, 0.2) is 127 Å². The van der Waals surface area contributed by atoms with E-state index in [-0.39, 0.29) is 5.91 Å². The molecule has 0 bridgehead atoms. The Labute approximate surface area is 254 Å². The molecular weight excluding hydrogens is 542 g/mol. The summed E-state index contributed by atoms with van der Waals surface area (Å²) in [7, 11) is 0. The molecule has 7 aromatic rings. The molecule has 2 aromatic heterocycles. The molecule has 1 aliphatic rings. The molecule has 0 spiro atoms. The first-order chi connectivity index (χ1) is 21.5. The number of rotatable bonds is 4. The lowest BCUT2D eigenvalue weighted by Gasteiger charge is -2.36. The van der Waals surface area contributed by atoms with Crippen LogP contribution >= 0.6 is 0 Å². The number of nitrogens with zero attached hydrogens (tertiary/aromatic N) is 5. The molecule has 0 saturated carbocycles. The van der Waals surface area contributed by atoms with E-state index in [1.165, 1.54) is 5.56 Å². The summed E-state index contributed by atoms with van der Waals surface area (Å²) in [6.07, 6.45) is 0. The minimum atomic E-state index is -0.633. The average molecular weight is 570 g/mol. The van der Waals surface area contributed by atoms with Crippen molar-refractivity contribution >= 4 is 16.9 Å². The highest BCUT2D eigenvalue weighted by Crippen LogP contribution is 2.45. The van der Waals surface area contributed by atoms with E-state index in [2.05, 4.69) is 38.1 Å². The molecule has 0 N–H and O–H groups in total. The molecule has 0 fully saturated rings. The number of benzene rings is 5. The minimum absolute atomic E-state index is 0.0922. The standard InChI is InChI=1S/C38H27N5O/c1-24-17-20-28(21-18-24)38(2)30-16-10-9-15-29(30)36(44)43-32-23-27(19-22-31(32)39-37(38)43)35-41-33(25-11-5-3-6-12-25)40-34(42-35)26-13-7-4-8-14-26/h3-23H,1-2H3. The molecule has 210 valence electrons. The molecule has 6 heteroatoms. The summed E-state index contributed by atoms with van der Waals surface area (Å²) in [5.41, 5.74) is 7.29. The van der Waals surface area contributed by atoms with Crippen LogP contribution < -0.4 is 0 Å². The Morgan fingerprint density at radius 3 is 1.80 bits per heavy atom. The predicted octanol–water partition coefficient (Wildman–Crippen LogP) is 7.89. The highest BCUT2D eigenvalue weighted by molar-refractivity contribution is 6.05. The summed E-state index contributed by atoms with van der Waals surface area (Å²) in [4.78, 5) is 33.9. The Morgan fingerprint density at radius 1 is 0.591 bits per heavy atom. The van der Waals surface area contributed by atoms with Crippen molar-refractivity contribution in [2.45, 2.75) is 19.3 Å². The lowest BCUT2D eigenvalue weighted by molar-refractivity contribution is 0.0949. The highest BCUT2D eigenvalue weighted by Gasteiger charge is 2.44. The molecular formula is C38H27N5O. The lowest BCUT2D eigenvalue weighted by atomic mass is 9.71. The van der Waals surface area contributed by atoms with Crippen molar-refractivity contribution in [3.63, 3.8) is 0 Å². The Hall–Kier alpha value is -5.75. The van der Waals surface area contributed by atoms with Crippen LogP contribution in [-0.2, 0) is 5.41 Å². The maximum absolute atomic E-state index is 14.2. The van der Waals surface area contributed by atoms with Gasteiger partial charge in [0, 0.05) is 22.3 Å². The quantitative estimate of drug-likeness (QED) is 0.216. The number of hydrogen-bond donors (Lipinski definition) is 0. The van der Waals surface area contributed by atoms with Gasteiger partial charge in [-0.15, -0.1) is 0 Å². The van der Waals surface area contributed by atoms with Crippen molar-refractivity contribution < 1.29 is 4.79 Å². The van der Waals surface area contributed by atoms with E-state index in [4.69, 9.17) is 19.9 Å². The van der Waals surface area contributed by atoms with Gasteiger partial charge in [-0.2, -0.15) is 0 Å². The SMILES string of the molecule is Cc1ccc(C2(C)c3ccccc3C(=O)n3c2nc2ccc(-c4nc(-c5ccccc5)nc(-c5ccccc5)n4)cc23)cc1. The van der Waals surface area contributed by atoms with Gasteiger partial charge in [0.1, 0.15) is 5.82 Å². The third-order valence-corrected chi connectivity index (χ3v) is 8.59. The predicted molar refractivity (Wildman–Crippen MR) is 172 cm³/mol. The number of imidazole rings is 1. The van der Waals surface area contributed by atoms with E-state index >= 15 is 0 Å². The van der Waals surface area contributed by atoms with Gasteiger partial charge in [-0.05, 0) is 49.2 Å². The first-order valence-corrected chi connectivity index (χ1v) is 14.6. The number of carbonyl (C=O) groups excluding carboxylic acids is 1. The van der Waals surface area contributed by atoms with Crippen molar-refractivity contribution in [1.82, 2.24) is 24.5 Å². The van der Waals surface area contributed by atoms with Crippen LogP contribution in [-0.4, -0.2) is 30.4 Å². The zero-order valence-electron chi connectivity index (χ0n) is 24.3. The molecule has 3 heterocycles. The smallest absolute Gasteiger partial charge is 0.264 e. The van der Waals surface area contributed by atoms with E-state index in [1.54, 1.807) is 4.57 Å². The second-order valence-corrected chi connectivity index (χ2v) is 11.4. The molecule has 0 amide bonds. The number of fused-ring (bicyclic) bond motifs is 4. The topological polar surface area (TPSA) is 73.6 Å². The Balaban J connectivity index is 1.35. The van der Waals surface area contributed by atoms with E-state index in [1.807, 2.05) is 103 Å². The van der Waals surface area contributed by atoms with Crippen LogP contribution in [0.3, 0.4) is 0 Å². The van der Waals surface area contributed by atoms with Crippen LogP contribution in [0.2, 0.25) is 0 Å². The maximum atomic E-state index is 14.2. The van der Waals surface area contributed by atoms with Crippen LogP contribution in [0.1, 0.15) is 39.8 Å². The third-order valence-electron chi connectivity index (χ3n) is 8.59. The summed E-state index contributed by atoms with van der Waals surface area (Å²) in [6.45, 7) is 4.24. The van der Waals surface area contributed by atoms with Crippen molar-refractivity contribution in [3.8, 4) is 34.2 Å². The van der Waals surface area contributed by atoms with Gasteiger partial charge in [0.15, 0.2) is 17.5 Å². The maximum Gasteiger partial charge on any atom is 0.264 e. The Morgan fingerprint density at radius 2 is 1.16 bits per heavy atom. The molecule has 1 unspecified atom stereocenters. The van der Waals surface area contributed by atoms with Crippen molar-refractivity contribution in [1.29, 1.82) is 0 Å². The number of aryl methyl sites for hydroxylation is 1. The fourth-order valence-corrected chi connectivity index (χ4v) is 6.21. The van der Waals surface area contributed by atoms with Crippen LogP contribution in [0.25, 0.3) is 45.2 Å². The highest BCUT2D eigenvalue weighted by atomic mass is 16.2. The average Bonchev–Trinajstić information content (AvgIpc) is 3.48. The number of aromatic nitrogens is 5. The molecule has 1 aliphatic heterocycles. The fraction of sp³-hybridized carbons (Fsp3) is 0.0789. The van der Waals surface area contributed by atoms with Gasteiger partial charge < -0.3 is 0 Å². The molecule has 5 aromatic carbocycles. The largest absolute Gasteiger partial charge is 0.268 e. The lowest BCUT2D eigenvalue weighted by Crippen LogP contribution is -2.38. The van der Waals surface area contributed by atoms with Gasteiger partial charge in [-0.3, -0.25) is 9.36 Å². The number of carbonyl (C=O) groups is 1. The van der Waals surface area contributed by atoms with Crippen LogP contribution in [0.5, 0.6) is 0 Å². The third kappa shape index (κ3) is 3.99. The molecule has 1 atom stereocenters. The second kappa shape index (κ2) is 9.92. The van der Waals surface area contributed by atoms with Gasteiger partial charge in [0.05, 0.1) is 16.4 Å². The van der Waals surface area contributed by atoms with Crippen molar-refractivity contribution in [3.05, 3.63) is 155 Å². The number of hydrogen-bond acceptors (Lipinski definition) is 5. The summed E-state index contributed by atoms with van der Waals surface area (Å²) in [5.74, 6) is 2.30. The van der Waals surface area contributed by atoms with E-state index in [9.17, 15) is 4.79 Å². The second-order valence-electron chi connectivity index (χ2n) is 11.4. The molecule has 0 saturated heterocycles. The summed E-state index contributed by atoms with van der Waals surface area (Å²) < 4.78 is 1.78. The van der Waals surface area contributed by atoms with Crippen LogP contribution in [0, 0.1) is 6.92 Å². The molecule has 8 rings (SSSR count). The van der Waals surface area contributed by atoms with E-state index in [0.29, 0.717) is 28.9 Å². The van der Waals surface area contributed by atoms with Crippen molar-refractivity contribution in [2.75, 3.05) is 0 Å². The molecule has 0 radical (unpaired) electrons. The van der Waals surface area contributed by atoms with Gasteiger partial charge in [-0.25, -0.2) is 19.9 Å². The minimum Gasteiger partial charge on any atom is -0.268 e. The normalized spacial score (nSPS) is 15.6. The van der Waals surface area contributed by atoms with Gasteiger partial charge in [0.2, 0.25) is 0 Å². The first kappa shape index (κ1) is 25.9. The van der Waals surface area contributed by atoms with E-state index in [0.717, 1.165) is 38.9 Å². The van der Waals surface area contributed by atoms with E-state index < -0.39 is 5.41 Å². The fourth-order valence-electron chi connectivity index (χ4n) is 6.21. The van der Waals surface area contributed by atoms with Crippen LogP contribution in [0.4, 0.5) is 0 Å². The molecule has 44 heavy (non-hydrogen) atoms. The summed E-state index contributed by atoms with van der Waals surface area (Å²) >= 11 is 0. The zero-order valence-corrected chi connectivity index (χ0v) is 24.3. The van der Waals surface area contributed by atoms with Gasteiger partial charge in [0.25, 0.3) is 5.91 Å². The monoisotopic (exact) mass is 569 g/mol. The molecule has 0 aliphatic carbocycles.